The van der Waals surface area contributed by atoms with E-state index < -0.39 is 11.9 Å². The second-order valence-electron chi connectivity index (χ2n) is 5.97. The van der Waals surface area contributed by atoms with Gasteiger partial charge in [-0.3, -0.25) is 0 Å². The molecule has 1 saturated heterocycles. The van der Waals surface area contributed by atoms with Gasteiger partial charge in [-0.15, -0.1) is 0 Å². The van der Waals surface area contributed by atoms with Crippen LogP contribution in [0.1, 0.15) is 11.3 Å². The molecular formula is C18H18F3N3O2. The van der Waals surface area contributed by atoms with E-state index in [0.29, 0.717) is 19.6 Å². The first-order valence-corrected chi connectivity index (χ1v) is 8.19. The summed E-state index contributed by atoms with van der Waals surface area (Å²) >= 11 is 0. The highest BCUT2D eigenvalue weighted by Crippen LogP contribution is 2.29. The summed E-state index contributed by atoms with van der Waals surface area (Å²) in [7, 11) is 0. The van der Waals surface area contributed by atoms with Crippen LogP contribution in [0.3, 0.4) is 0 Å². The number of ether oxygens (including phenoxy) is 1. The Labute approximate surface area is 148 Å². The molecule has 0 saturated carbocycles. The molecule has 1 fully saturated rings. The molecule has 1 aromatic heterocycles. The smallest absolute Gasteiger partial charge is 0.433 e. The normalized spacial score (nSPS) is 14.7. The number of urea groups is 1. The number of nitrogens with zero attached hydrogens (tertiary/aromatic N) is 2. The van der Waals surface area contributed by atoms with E-state index in [1.165, 1.54) is 12.1 Å². The van der Waals surface area contributed by atoms with Gasteiger partial charge in [0.05, 0.1) is 13.1 Å². The zero-order valence-electron chi connectivity index (χ0n) is 13.9. The van der Waals surface area contributed by atoms with Crippen LogP contribution in [-0.2, 0) is 12.6 Å². The highest BCUT2D eigenvalue weighted by molar-refractivity contribution is 5.75. The van der Waals surface area contributed by atoms with Gasteiger partial charge in [0.25, 0.3) is 0 Å². The number of carbonyl (C=O) groups is 1. The third-order valence-corrected chi connectivity index (χ3v) is 3.97. The molecule has 26 heavy (non-hydrogen) atoms. The maximum Gasteiger partial charge on any atom is 0.433 e. The molecule has 1 N–H and O–H groups in total. The van der Waals surface area contributed by atoms with Crippen molar-refractivity contribution in [1.82, 2.24) is 15.2 Å². The second-order valence-corrected chi connectivity index (χ2v) is 5.97. The second kappa shape index (κ2) is 7.63. The Bertz CT molecular complexity index is 747. The standard InChI is InChI=1S/C18H18F3N3O2/c19-18(20,21)15-7-4-8-16(23-15)26-14-11-24(12-14)17(25)22-10-9-13-5-2-1-3-6-13/h1-8,14H,9-12H2,(H,22,25). The minimum atomic E-state index is -4.51. The highest BCUT2D eigenvalue weighted by atomic mass is 19.4. The number of amides is 2. The first kappa shape index (κ1) is 18.0. The molecule has 8 heteroatoms. The van der Waals surface area contributed by atoms with Gasteiger partial charge >= 0.3 is 12.2 Å². The number of likely N-dealkylation sites (tertiary alicyclic amines) is 1. The summed E-state index contributed by atoms with van der Waals surface area (Å²) < 4.78 is 43.3. The number of pyridine rings is 1. The van der Waals surface area contributed by atoms with Gasteiger partial charge in [-0.25, -0.2) is 9.78 Å². The molecule has 0 unspecified atom stereocenters. The molecule has 1 aromatic carbocycles. The van der Waals surface area contributed by atoms with Crippen LogP contribution in [0, 0.1) is 0 Å². The zero-order chi connectivity index (χ0) is 18.6. The number of rotatable bonds is 5. The number of halogens is 3. The van der Waals surface area contributed by atoms with Crippen molar-refractivity contribution in [2.24, 2.45) is 0 Å². The maximum absolute atomic E-state index is 12.6. The fraction of sp³-hybridized carbons (Fsp3) is 0.333. The van der Waals surface area contributed by atoms with E-state index in [4.69, 9.17) is 4.74 Å². The molecule has 138 valence electrons. The van der Waals surface area contributed by atoms with Gasteiger partial charge in [-0.2, -0.15) is 13.2 Å². The minimum absolute atomic E-state index is 0.0889. The Hall–Kier alpha value is -2.77. The Morgan fingerprint density at radius 3 is 2.58 bits per heavy atom. The van der Waals surface area contributed by atoms with Crippen molar-refractivity contribution in [3.8, 4) is 5.88 Å². The SMILES string of the molecule is O=C(NCCc1ccccc1)N1CC(Oc2cccc(C(F)(F)F)n2)C1. The Kier molecular flexibility index (Phi) is 5.29. The largest absolute Gasteiger partial charge is 0.471 e. The lowest BCUT2D eigenvalue weighted by atomic mass is 10.1. The molecule has 2 amide bonds. The Morgan fingerprint density at radius 1 is 1.15 bits per heavy atom. The number of aromatic nitrogens is 1. The quantitative estimate of drug-likeness (QED) is 0.886. The van der Waals surface area contributed by atoms with Crippen molar-refractivity contribution in [3.63, 3.8) is 0 Å². The predicted octanol–water partition coefficient (Wildman–Crippen LogP) is 3.12. The van der Waals surface area contributed by atoms with Crippen molar-refractivity contribution >= 4 is 6.03 Å². The topological polar surface area (TPSA) is 54.5 Å². The van der Waals surface area contributed by atoms with Gasteiger partial charge in [0.15, 0.2) is 0 Å². The summed E-state index contributed by atoms with van der Waals surface area (Å²) in [5, 5.41) is 2.81. The van der Waals surface area contributed by atoms with Gasteiger partial charge < -0.3 is 15.0 Å². The first-order valence-electron chi connectivity index (χ1n) is 8.19. The molecule has 2 heterocycles. The Morgan fingerprint density at radius 2 is 1.88 bits per heavy atom. The fourth-order valence-corrected chi connectivity index (χ4v) is 2.56. The van der Waals surface area contributed by atoms with E-state index >= 15 is 0 Å². The highest BCUT2D eigenvalue weighted by Gasteiger charge is 2.35. The number of hydrogen-bond acceptors (Lipinski definition) is 3. The fourth-order valence-electron chi connectivity index (χ4n) is 2.56. The molecule has 3 rings (SSSR count). The van der Waals surface area contributed by atoms with Crippen LogP contribution in [0.15, 0.2) is 48.5 Å². The van der Waals surface area contributed by atoms with Crippen LogP contribution in [0.4, 0.5) is 18.0 Å². The molecule has 0 radical (unpaired) electrons. The molecule has 2 aromatic rings. The van der Waals surface area contributed by atoms with Crippen molar-refractivity contribution in [3.05, 3.63) is 59.8 Å². The van der Waals surface area contributed by atoms with E-state index in [9.17, 15) is 18.0 Å². The van der Waals surface area contributed by atoms with Gasteiger partial charge in [-0.1, -0.05) is 36.4 Å². The average molecular weight is 365 g/mol. The Balaban J connectivity index is 1.40. The predicted molar refractivity (Wildman–Crippen MR) is 88.8 cm³/mol. The van der Waals surface area contributed by atoms with E-state index in [2.05, 4.69) is 10.3 Å². The number of nitrogens with one attached hydrogen (secondary N) is 1. The average Bonchev–Trinajstić information content (AvgIpc) is 2.58. The molecule has 0 aliphatic carbocycles. The molecule has 0 spiro atoms. The zero-order valence-corrected chi connectivity index (χ0v) is 13.9. The summed E-state index contributed by atoms with van der Waals surface area (Å²) in [6.07, 6.45) is -4.14. The number of carbonyl (C=O) groups excluding carboxylic acids is 1. The van der Waals surface area contributed by atoms with Crippen LogP contribution in [0.5, 0.6) is 5.88 Å². The number of benzene rings is 1. The summed E-state index contributed by atoms with van der Waals surface area (Å²) in [4.78, 5) is 17.0. The van der Waals surface area contributed by atoms with Crippen LogP contribution >= 0.6 is 0 Å². The van der Waals surface area contributed by atoms with Crippen molar-refractivity contribution in [1.29, 1.82) is 0 Å². The summed E-state index contributed by atoms with van der Waals surface area (Å²) in [6, 6.07) is 13.1. The molecule has 1 aliphatic rings. The van der Waals surface area contributed by atoms with Gasteiger partial charge in [0.1, 0.15) is 11.8 Å². The van der Waals surface area contributed by atoms with Crippen LogP contribution in [0.2, 0.25) is 0 Å². The maximum atomic E-state index is 12.6. The third kappa shape index (κ3) is 4.65. The van der Waals surface area contributed by atoms with Crippen LogP contribution < -0.4 is 10.1 Å². The summed E-state index contributed by atoms with van der Waals surface area (Å²) in [6.45, 7) is 1.14. The van der Waals surface area contributed by atoms with E-state index in [-0.39, 0.29) is 18.0 Å². The third-order valence-electron chi connectivity index (χ3n) is 3.97. The molecule has 5 nitrogen and oxygen atoms in total. The van der Waals surface area contributed by atoms with Gasteiger partial charge in [-0.05, 0) is 18.1 Å². The first-order chi connectivity index (χ1) is 12.4. The molecular weight excluding hydrogens is 347 g/mol. The van der Waals surface area contributed by atoms with E-state index in [0.717, 1.165) is 18.1 Å². The minimum Gasteiger partial charge on any atom is -0.471 e. The molecule has 0 bridgehead atoms. The summed E-state index contributed by atoms with van der Waals surface area (Å²) in [5.41, 5.74) is 0.137. The van der Waals surface area contributed by atoms with Crippen LogP contribution in [-0.4, -0.2) is 41.7 Å². The van der Waals surface area contributed by atoms with Crippen molar-refractivity contribution in [2.75, 3.05) is 19.6 Å². The van der Waals surface area contributed by atoms with Crippen LogP contribution in [0.25, 0.3) is 0 Å². The van der Waals surface area contributed by atoms with Gasteiger partial charge in [0, 0.05) is 12.6 Å². The lowest BCUT2D eigenvalue weighted by Gasteiger charge is -2.38. The molecule has 0 atom stereocenters. The monoisotopic (exact) mass is 365 g/mol. The van der Waals surface area contributed by atoms with E-state index in [1.54, 1.807) is 4.90 Å². The van der Waals surface area contributed by atoms with Crippen molar-refractivity contribution in [2.45, 2.75) is 18.7 Å². The van der Waals surface area contributed by atoms with E-state index in [1.807, 2.05) is 30.3 Å². The number of alkyl halides is 3. The summed E-state index contributed by atoms with van der Waals surface area (Å²) in [5.74, 6) is -0.0889. The number of hydrogen-bond donors (Lipinski definition) is 1. The lowest BCUT2D eigenvalue weighted by Crippen LogP contribution is -2.59. The molecule has 1 aliphatic heterocycles. The van der Waals surface area contributed by atoms with Gasteiger partial charge in [0.2, 0.25) is 5.88 Å². The van der Waals surface area contributed by atoms with Crippen molar-refractivity contribution < 1.29 is 22.7 Å². The lowest BCUT2D eigenvalue weighted by molar-refractivity contribution is -0.141.